The van der Waals surface area contributed by atoms with E-state index in [9.17, 15) is 19.8 Å². The van der Waals surface area contributed by atoms with E-state index >= 15 is 0 Å². The molecule has 3 aliphatic rings. The summed E-state index contributed by atoms with van der Waals surface area (Å²) in [6, 6.07) is 0. The van der Waals surface area contributed by atoms with Gasteiger partial charge in [-0.25, -0.2) is 9.59 Å². The number of esters is 2. The molecule has 0 aromatic rings. The fourth-order valence-electron chi connectivity index (χ4n) is 4.83. The van der Waals surface area contributed by atoms with Gasteiger partial charge in [-0.15, -0.1) is 0 Å². The summed E-state index contributed by atoms with van der Waals surface area (Å²) in [6.07, 6.45) is 1.32. The van der Waals surface area contributed by atoms with Crippen LogP contribution in [0, 0.1) is 17.3 Å². The van der Waals surface area contributed by atoms with E-state index in [4.69, 9.17) is 9.47 Å². The zero-order valence-corrected chi connectivity index (χ0v) is 15.2. The Morgan fingerprint density at radius 3 is 2.77 bits per heavy atom. The number of carbonyl (C=O) groups is 2. The van der Waals surface area contributed by atoms with Crippen LogP contribution in [-0.4, -0.2) is 47.1 Å². The summed E-state index contributed by atoms with van der Waals surface area (Å²) >= 11 is 0. The Hall–Kier alpha value is -1.92. The fourth-order valence-corrected chi connectivity index (χ4v) is 4.83. The van der Waals surface area contributed by atoms with Gasteiger partial charge in [-0.3, -0.25) is 0 Å². The molecule has 6 atom stereocenters. The third kappa shape index (κ3) is 2.72. The number of rotatable bonds is 3. The van der Waals surface area contributed by atoms with Crippen LogP contribution in [0.4, 0.5) is 0 Å². The van der Waals surface area contributed by atoms with Crippen molar-refractivity contribution in [1.82, 2.24) is 0 Å². The Labute approximate surface area is 153 Å². The highest BCUT2D eigenvalue weighted by molar-refractivity contribution is 5.92. The maximum absolute atomic E-state index is 12.4. The van der Waals surface area contributed by atoms with Gasteiger partial charge in [-0.05, 0) is 26.2 Å². The van der Waals surface area contributed by atoms with E-state index in [1.165, 1.54) is 6.08 Å². The highest BCUT2D eigenvalue weighted by Gasteiger charge is 2.62. The van der Waals surface area contributed by atoms with E-state index in [0.717, 1.165) is 5.57 Å². The number of ether oxygens (including phenoxy) is 2. The number of allylic oxidation sites excluding steroid dienone is 1. The minimum atomic E-state index is -0.658. The standard InChI is InChI=1S/C20H26O6/c1-5-12(9-21)19(24)25-13-8-20(4)14(22)7-6-10(2)16(20)17-15(13)11(3)18(23)26-17/h5,13-17,21-22H,2-3,6-9H2,1,4H3. The van der Waals surface area contributed by atoms with E-state index in [1.807, 2.05) is 6.92 Å². The van der Waals surface area contributed by atoms with Gasteiger partial charge < -0.3 is 19.7 Å². The first-order valence-electron chi connectivity index (χ1n) is 8.97. The minimum absolute atomic E-state index is 0.151. The molecule has 0 radical (unpaired) electrons. The molecule has 0 bridgehead atoms. The maximum atomic E-state index is 12.4. The lowest BCUT2D eigenvalue weighted by atomic mass is 9.53. The predicted octanol–water partition coefficient (Wildman–Crippen LogP) is 1.67. The van der Waals surface area contributed by atoms with Gasteiger partial charge in [0.05, 0.1) is 24.2 Å². The number of hydrogen-bond acceptors (Lipinski definition) is 6. The number of hydrogen-bond donors (Lipinski definition) is 2. The van der Waals surface area contributed by atoms with Gasteiger partial charge in [0.2, 0.25) is 0 Å². The van der Waals surface area contributed by atoms with Crippen LogP contribution in [0.1, 0.15) is 33.1 Å². The monoisotopic (exact) mass is 362 g/mol. The average Bonchev–Trinajstić information content (AvgIpc) is 2.87. The normalized spacial score (nSPS) is 39.9. The zero-order chi connectivity index (χ0) is 19.2. The lowest BCUT2D eigenvalue weighted by molar-refractivity contribution is -0.175. The Morgan fingerprint density at radius 2 is 2.15 bits per heavy atom. The number of carbonyl (C=O) groups excluding carboxylic acids is 2. The van der Waals surface area contributed by atoms with Crippen LogP contribution in [0.15, 0.2) is 36.0 Å². The summed E-state index contributed by atoms with van der Waals surface area (Å²) in [7, 11) is 0. The molecular formula is C20H26O6. The lowest BCUT2D eigenvalue weighted by Crippen LogP contribution is -2.58. The molecule has 0 spiro atoms. The molecule has 0 amide bonds. The van der Waals surface area contributed by atoms with Crippen LogP contribution in [0.2, 0.25) is 0 Å². The SMILES string of the molecule is C=C1C(=O)OC2C1C(OC(=O)C(=CC)CO)CC1(C)C(O)CCC(=C)C21. The zero-order valence-electron chi connectivity index (χ0n) is 15.2. The van der Waals surface area contributed by atoms with Crippen molar-refractivity contribution >= 4 is 11.9 Å². The molecule has 0 aromatic carbocycles. The molecule has 142 valence electrons. The van der Waals surface area contributed by atoms with E-state index < -0.39 is 48.2 Å². The first-order valence-corrected chi connectivity index (χ1v) is 8.97. The second-order valence-electron chi connectivity index (χ2n) is 7.74. The molecule has 2 saturated carbocycles. The van der Waals surface area contributed by atoms with Gasteiger partial charge >= 0.3 is 11.9 Å². The first-order chi connectivity index (χ1) is 12.2. The van der Waals surface area contributed by atoms with Crippen molar-refractivity contribution < 1.29 is 29.3 Å². The molecule has 1 saturated heterocycles. The molecule has 1 heterocycles. The molecule has 2 aliphatic carbocycles. The smallest absolute Gasteiger partial charge is 0.336 e. The minimum Gasteiger partial charge on any atom is -0.458 e. The van der Waals surface area contributed by atoms with E-state index in [-0.39, 0.29) is 17.1 Å². The van der Waals surface area contributed by atoms with Crippen LogP contribution in [0.5, 0.6) is 0 Å². The van der Waals surface area contributed by atoms with E-state index in [1.54, 1.807) is 6.92 Å². The third-order valence-corrected chi connectivity index (χ3v) is 6.32. The summed E-state index contributed by atoms with van der Waals surface area (Å²) in [5, 5.41) is 20.0. The second-order valence-corrected chi connectivity index (χ2v) is 7.74. The van der Waals surface area contributed by atoms with Gasteiger partial charge in [0, 0.05) is 16.9 Å². The molecule has 1 aliphatic heterocycles. The third-order valence-electron chi connectivity index (χ3n) is 6.32. The van der Waals surface area contributed by atoms with Crippen molar-refractivity contribution in [1.29, 1.82) is 0 Å². The fraction of sp³-hybridized carbons (Fsp3) is 0.600. The van der Waals surface area contributed by atoms with Crippen LogP contribution in [-0.2, 0) is 19.1 Å². The van der Waals surface area contributed by atoms with E-state index in [0.29, 0.717) is 19.3 Å². The highest BCUT2D eigenvalue weighted by atomic mass is 16.6. The Morgan fingerprint density at radius 1 is 1.46 bits per heavy atom. The molecule has 6 heteroatoms. The van der Waals surface area contributed by atoms with Crippen molar-refractivity contribution in [2.75, 3.05) is 6.61 Å². The molecule has 2 N–H and O–H groups in total. The van der Waals surface area contributed by atoms with E-state index in [2.05, 4.69) is 13.2 Å². The van der Waals surface area contributed by atoms with Crippen molar-refractivity contribution in [3.63, 3.8) is 0 Å². The van der Waals surface area contributed by atoms with Crippen molar-refractivity contribution in [2.45, 2.75) is 51.4 Å². The average molecular weight is 362 g/mol. The highest BCUT2D eigenvalue weighted by Crippen LogP contribution is 2.57. The second kappa shape index (κ2) is 6.67. The molecule has 6 nitrogen and oxygen atoms in total. The number of fused-ring (bicyclic) bond motifs is 3. The van der Waals surface area contributed by atoms with Crippen LogP contribution >= 0.6 is 0 Å². The van der Waals surface area contributed by atoms with Crippen molar-refractivity contribution in [2.24, 2.45) is 17.3 Å². The molecule has 3 fully saturated rings. The van der Waals surface area contributed by atoms with Crippen molar-refractivity contribution in [3.05, 3.63) is 36.0 Å². The molecule has 3 rings (SSSR count). The predicted molar refractivity (Wildman–Crippen MR) is 93.8 cm³/mol. The summed E-state index contributed by atoms with van der Waals surface area (Å²) in [5.74, 6) is -1.79. The summed E-state index contributed by atoms with van der Waals surface area (Å²) in [4.78, 5) is 24.6. The van der Waals surface area contributed by atoms with Crippen LogP contribution in [0.3, 0.4) is 0 Å². The quantitative estimate of drug-likeness (QED) is 0.451. The summed E-state index contributed by atoms with van der Waals surface area (Å²) < 4.78 is 11.3. The largest absolute Gasteiger partial charge is 0.458 e. The van der Waals surface area contributed by atoms with Gasteiger partial charge in [-0.1, -0.05) is 31.7 Å². The first kappa shape index (κ1) is 18.9. The molecule has 0 aromatic heterocycles. The Kier molecular flexibility index (Phi) is 4.84. The number of aliphatic hydroxyl groups is 2. The molecule has 6 unspecified atom stereocenters. The summed E-state index contributed by atoms with van der Waals surface area (Å²) in [5.41, 5.74) is 0.776. The lowest BCUT2D eigenvalue weighted by Gasteiger charge is -2.54. The van der Waals surface area contributed by atoms with Gasteiger partial charge in [0.25, 0.3) is 0 Å². The van der Waals surface area contributed by atoms with Crippen LogP contribution in [0.25, 0.3) is 0 Å². The van der Waals surface area contributed by atoms with Crippen LogP contribution < -0.4 is 0 Å². The topological polar surface area (TPSA) is 93.1 Å². The number of aliphatic hydroxyl groups excluding tert-OH is 2. The van der Waals surface area contributed by atoms with Gasteiger partial charge in [0.15, 0.2) is 0 Å². The summed E-state index contributed by atoms with van der Waals surface area (Å²) in [6.45, 7) is 11.1. The molecular weight excluding hydrogens is 336 g/mol. The van der Waals surface area contributed by atoms with Gasteiger partial charge in [0.1, 0.15) is 12.2 Å². The Balaban J connectivity index is 1.97. The van der Waals surface area contributed by atoms with Gasteiger partial charge in [-0.2, -0.15) is 0 Å². The maximum Gasteiger partial charge on any atom is 0.336 e. The Bertz CT molecular complexity index is 692. The van der Waals surface area contributed by atoms with Crippen molar-refractivity contribution in [3.8, 4) is 0 Å². The molecule has 26 heavy (non-hydrogen) atoms.